The first kappa shape index (κ1) is 20.4. The molecule has 4 aromatic rings. The minimum atomic E-state index is -0.119. The van der Waals surface area contributed by atoms with Gasteiger partial charge in [-0.3, -0.25) is 4.98 Å². The van der Waals surface area contributed by atoms with E-state index in [1.54, 1.807) is 29.1 Å². The molecule has 158 valence electrons. The molecule has 0 saturated carbocycles. The van der Waals surface area contributed by atoms with Crippen LogP contribution in [-0.2, 0) is 13.2 Å². The summed E-state index contributed by atoms with van der Waals surface area (Å²) in [6.07, 6.45) is 1.75. The number of hydrogen-bond acceptors (Lipinski definition) is 9. The van der Waals surface area contributed by atoms with Crippen molar-refractivity contribution in [1.82, 2.24) is 29.9 Å². The number of anilines is 1. The van der Waals surface area contributed by atoms with E-state index in [0.717, 1.165) is 11.3 Å². The van der Waals surface area contributed by atoms with E-state index in [9.17, 15) is 5.11 Å². The van der Waals surface area contributed by atoms with Crippen LogP contribution in [-0.4, -0.2) is 53.4 Å². The minimum absolute atomic E-state index is 0.0652. The SMILES string of the molecule is Nc1nc(-c2cccc(OCCO)c2)cc(-c2cn(Cc3cccc(CO)n3)nn2)n1. The van der Waals surface area contributed by atoms with Crippen LogP contribution in [0.1, 0.15) is 11.4 Å². The van der Waals surface area contributed by atoms with Gasteiger partial charge in [-0.25, -0.2) is 14.6 Å². The van der Waals surface area contributed by atoms with E-state index in [1.165, 1.54) is 0 Å². The summed E-state index contributed by atoms with van der Waals surface area (Å²) >= 11 is 0. The van der Waals surface area contributed by atoms with Crippen molar-refractivity contribution in [2.75, 3.05) is 18.9 Å². The molecular formula is C21H21N7O3. The highest BCUT2D eigenvalue weighted by Gasteiger charge is 2.12. The molecular weight excluding hydrogens is 398 g/mol. The molecule has 10 heteroatoms. The van der Waals surface area contributed by atoms with Crippen LogP contribution in [0.25, 0.3) is 22.6 Å². The molecule has 10 nitrogen and oxygen atoms in total. The number of pyridine rings is 1. The van der Waals surface area contributed by atoms with Crippen molar-refractivity contribution in [2.45, 2.75) is 13.2 Å². The summed E-state index contributed by atoms with van der Waals surface area (Å²) in [7, 11) is 0. The number of nitrogen functional groups attached to an aromatic ring is 1. The van der Waals surface area contributed by atoms with Crippen LogP contribution in [0.3, 0.4) is 0 Å². The highest BCUT2D eigenvalue weighted by molar-refractivity contribution is 5.68. The highest BCUT2D eigenvalue weighted by Crippen LogP contribution is 2.26. The molecule has 4 rings (SSSR count). The van der Waals surface area contributed by atoms with Gasteiger partial charge in [0.1, 0.15) is 18.1 Å². The molecule has 3 heterocycles. The Morgan fingerprint density at radius 1 is 0.903 bits per heavy atom. The molecule has 0 amide bonds. The predicted octanol–water partition coefficient (Wildman–Crippen LogP) is 1.29. The summed E-state index contributed by atoms with van der Waals surface area (Å²) in [6, 6.07) is 14.6. The fraction of sp³-hybridized carbons (Fsp3) is 0.190. The second-order valence-electron chi connectivity index (χ2n) is 6.68. The number of aliphatic hydroxyl groups is 2. The number of nitrogens with two attached hydrogens (primary N) is 1. The summed E-state index contributed by atoms with van der Waals surface area (Å²) in [5.74, 6) is 0.731. The summed E-state index contributed by atoms with van der Waals surface area (Å²) < 4.78 is 7.11. The summed E-state index contributed by atoms with van der Waals surface area (Å²) in [4.78, 5) is 13.0. The van der Waals surface area contributed by atoms with Gasteiger partial charge in [-0.15, -0.1) is 5.10 Å². The zero-order chi connectivity index (χ0) is 21.6. The third kappa shape index (κ3) is 5.00. The van der Waals surface area contributed by atoms with Crippen LogP contribution in [0.15, 0.2) is 54.7 Å². The van der Waals surface area contributed by atoms with E-state index in [2.05, 4.69) is 25.3 Å². The lowest BCUT2D eigenvalue weighted by atomic mass is 10.1. The van der Waals surface area contributed by atoms with Crippen molar-refractivity contribution in [3.05, 3.63) is 66.1 Å². The lowest BCUT2D eigenvalue weighted by Gasteiger charge is -2.08. The van der Waals surface area contributed by atoms with E-state index in [1.807, 2.05) is 30.3 Å². The van der Waals surface area contributed by atoms with Gasteiger partial charge in [-0.1, -0.05) is 23.4 Å². The monoisotopic (exact) mass is 419 g/mol. The van der Waals surface area contributed by atoms with Crippen LogP contribution in [0.5, 0.6) is 5.75 Å². The Labute approximate surface area is 178 Å². The maximum atomic E-state index is 9.24. The van der Waals surface area contributed by atoms with Gasteiger partial charge in [-0.05, 0) is 30.3 Å². The third-order valence-corrected chi connectivity index (χ3v) is 4.38. The number of aromatic nitrogens is 6. The normalized spacial score (nSPS) is 10.9. The summed E-state index contributed by atoms with van der Waals surface area (Å²) in [6.45, 7) is 0.425. The van der Waals surface area contributed by atoms with E-state index in [-0.39, 0.29) is 25.8 Å². The van der Waals surface area contributed by atoms with Gasteiger partial charge in [0.2, 0.25) is 5.95 Å². The average molecular weight is 419 g/mol. The molecule has 0 radical (unpaired) electrons. The van der Waals surface area contributed by atoms with Gasteiger partial charge in [0.05, 0.1) is 48.7 Å². The average Bonchev–Trinajstić information content (AvgIpc) is 3.26. The molecule has 3 aromatic heterocycles. The van der Waals surface area contributed by atoms with Crippen LogP contribution >= 0.6 is 0 Å². The Balaban J connectivity index is 1.59. The molecule has 1 aromatic carbocycles. The van der Waals surface area contributed by atoms with Crippen molar-refractivity contribution >= 4 is 5.95 Å². The van der Waals surface area contributed by atoms with Crippen LogP contribution < -0.4 is 10.5 Å². The van der Waals surface area contributed by atoms with E-state index in [4.69, 9.17) is 15.6 Å². The lowest BCUT2D eigenvalue weighted by molar-refractivity contribution is 0.201. The fourth-order valence-electron chi connectivity index (χ4n) is 3.02. The standard InChI is InChI=1S/C21H21N7O3/c22-21-24-18(14-3-1-6-17(9-14)31-8-7-29)10-19(25-21)20-12-28(27-26-20)11-15-4-2-5-16(13-30)23-15/h1-6,9-10,12,29-30H,7-8,11,13H2,(H2,22,24,25). The van der Waals surface area contributed by atoms with Gasteiger partial charge in [0.25, 0.3) is 0 Å². The molecule has 0 spiro atoms. The highest BCUT2D eigenvalue weighted by atomic mass is 16.5. The van der Waals surface area contributed by atoms with Crippen molar-refractivity contribution in [3.63, 3.8) is 0 Å². The van der Waals surface area contributed by atoms with Gasteiger partial charge in [-0.2, -0.15) is 0 Å². The Bertz CT molecular complexity index is 1180. The molecule has 0 aliphatic heterocycles. The number of ether oxygens (including phenoxy) is 1. The summed E-state index contributed by atoms with van der Waals surface area (Å²) in [5.41, 5.74) is 9.78. The quantitative estimate of drug-likeness (QED) is 0.384. The van der Waals surface area contributed by atoms with Crippen LogP contribution in [0.4, 0.5) is 5.95 Å². The van der Waals surface area contributed by atoms with Crippen molar-refractivity contribution < 1.29 is 14.9 Å². The molecule has 0 saturated heterocycles. The number of rotatable bonds is 8. The van der Waals surface area contributed by atoms with Crippen molar-refractivity contribution in [1.29, 1.82) is 0 Å². The smallest absolute Gasteiger partial charge is 0.221 e. The zero-order valence-electron chi connectivity index (χ0n) is 16.6. The maximum absolute atomic E-state index is 9.24. The van der Waals surface area contributed by atoms with Gasteiger partial charge in [0.15, 0.2) is 0 Å². The Kier molecular flexibility index (Phi) is 6.11. The van der Waals surface area contributed by atoms with E-state index < -0.39 is 0 Å². The minimum Gasteiger partial charge on any atom is -0.491 e. The predicted molar refractivity (Wildman–Crippen MR) is 113 cm³/mol. The number of benzene rings is 1. The zero-order valence-corrected chi connectivity index (χ0v) is 16.6. The van der Waals surface area contributed by atoms with Crippen LogP contribution in [0, 0.1) is 0 Å². The molecule has 0 bridgehead atoms. The summed E-state index contributed by atoms with van der Waals surface area (Å²) in [5, 5.41) is 26.5. The fourth-order valence-corrected chi connectivity index (χ4v) is 3.02. The Morgan fingerprint density at radius 2 is 1.71 bits per heavy atom. The number of nitrogens with zero attached hydrogens (tertiary/aromatic N) is 6. The maximum Gasteiger partial charge on any atom is 0.221 e. The first-order valence-electron chi connectivity index (χ1n) is 9.59. The lowest BCUT2D eigenvalue weighted by Crippen LogP contribution is -2.04. The molecule has 0 aliphatic carbocycles. The first-order chi connectivity index (χ1) is 15.1. The van der Waals surface area contributed by atoms with E-state index >= 15 is 0 Å². The molecule has 0 aliphatic rings. The Morgan fingerprint density at radius 3 is 2.55 bits per heavy atom. The second kappa shape index (κ2) is 9.28. The van der Waals surface area contributed by atoms with Crippen LogP contribution in [0.2, 0.25) is 0 Å². The third-order valence-electron chi connectivity index (χ3n) is 4.38. The van der Waals surface area contributed by atoms with Crippen molar-refractivity contribution in [3.8, 4) is 28.4 Å². The van der Waals surface area contributed by atoms with E-state index in [0.29, 0.717) is 35.1 Å². The van der Waals surface area contributed by atoms with Crippen molar-refractivity contribution in [2.24, 2.45) is 0 Å². The van der Waals surface area contributed by atoms with Gasteiger partial charge in [0, 0.05) is 5.56 Å². The van der Waals surface area contributed by atoms with Gasteiger partial charge < -0.3 is 20.7 Å². The second-order valence-corrected chi connectivity index (χ2v) is 6.68. The first-order valence-corrected chi connectivity index (χ1v) is 9.59. The Hall–Kier alpha value is -3.89. The molecule has 31 heavy (non-hydrogen) atoms. The molecule has 0 atom stereocenters. The largest absolute Gasteiger partial charge is 0.491 e. The number of aliphatic hydroxyl groups excluding tert-OH is 2. The molecule has 0 unspecified atom stereocenters. The molecule has 4 N–H and O–H groups in total. The van der Waals surface area contributed by atoms with Gasteiger partial charge >= 0.3 is 0 Å². The number of hydrogen-bond donors (Lipinski definition) is 3. The molecule has 0 fully saturated rings. The topological polar surface area (TPSA) is 145 Å².